The number of ether oxygens (including phenoxy) is 1. The third kappa shape index (κ3) is 3.13. The first-order valence-corrected chi connectivity index (χ1v) is 6.38. The monoisotopic (exact) mass is 332 g/mol. The molecule has 2 rings (SSSR count). The Morgan fingerprint density at radius 3 is 2.80 bits per heavy atom. The maximum atomic E-state index is 11.2. The van der Waals surface area contributed by atoms with Gasteiger partial charge in [0, 0.05) is 16.2 Å². The fourth-order valence-corrected chi connectivity index (χ4v) is 1.99. The van der Waals surface area contributed by atoms with Crippen LogP contribution in [0.15, 0.2) is 34.8 Å². The molecule has 1 N–H and O–H groups in total. The van der Waals surface area contributed by atoms with Gasteiger partial charge in [-0.3, -0.25) is 0 Å². The molecule has 0 aliphatic rings. The van der Waals surface area contributed by atoms with Crippen molar-refractivity contribution in [3.63, 3.8) is 0 Å². The van der Waals surface area contributed by atoms with Gasteiger partial charge in [-0.05, 0) is 31.2 Å². The Hall–Kier alpha value is -2.39. The van der Waals surface area contributed by atoms with E-state index in [1.165, 1.54) is 18.2 Å². The average molecular weight is 333 g/mol. The zero-order chi connectivity index (χ0) is 14.7. The number of carboxylic acid groups (broad SMARTS) is 1. The Labute approximate surface area is 123 Å². The highest BCUT2D eigenvalue weighted by molar-refractivity contribution is 9.10. The number of rotatable bonds is 3. The standard InChI is InChI=1S/C14H9BrN2O3/c1-8-4-9(7-16)5-13(17-8)20-12-3-2-10(15)6-11(12)14(18)19/h2-6H,1H3,(H,18,19). The molecule has 1 heterocycles. The first-order valence-electron chi connectivity index (χ1n) is 5.59. The summed E-state index contributed by atoms with van der Waals surface area (Å²) in [5, 5.41) is 18.0. The van der Waals surface area contributed by atoms with Gasteiger partial charge in [-0.2, -0.15) is 5.26 Å². The van der Waals surface area contributed by atoms with E-state index in [0.29, 0.717) is 15.7 Å². The first kappa shape index (κ1) is 14.0. The minimum absolute atomic E-state index is 0.0150. The average Bonchev–Trinajstić information content (AvgIpc) is 2.40. The molecule has 0 bridgehead atoms. The summed E-state index contributed by atoms with van der Waals surface area (Å²) in [5.74, 6) is -0.747. The molecule has 0 aliphatic heterocycles. The van der Waals surface area contributed by atoms with Crippen molar-refractivity contribution in [2.24, 2.45) is 0 Å². The number of hydrogen-bond donors (Lipinski definition) is 1. The van der Waals surface area contributed by atoms with E-state index in [1.54, 1.807) is 19.1 Å². The molecule has 0 saturated carbocycles. The van der Waals surface area contributed by atoms with Crippen molar-refractivity contribution in [2.75, 3.05) is 0 Å². The lowest BCUT2D eigenvalue weighted by Crippen LogP contribution is -2.01. The van der Waals surface area contributed by atoms with E-state index < -0.39 is 5.97 Å². The second-order valence-corrected chi connectivity index (χ2v) is 4.91. The maximum Gasteiger partial charge on any atom is 0.339 e. The van der Waals surface area contributed by atoms with Crippen molar-refractivity contribution in [1.29, 1.82) is 5.26 Å². The van der Waals surface area contributed by atoms with E-state index in [4.69, 9.17) is 15.1 Å². The summed E-state index contributed by atoms with van der Waals surface area (Å²) >= 11 is 3.21. The molecule has 6 heteroatoms. The van der Waals surface area contributed by atoms with E-state index in [-0.39, 0.29) is 17.2 Å². The van der Waals surface area contributed by atoms with Crippen molar-refractivity contribution in [3.05, 3.63) is 51.6 Å². The van der Waals surface area contributed by atoms with Crippen LogP contribution in [0.2, 0.25) is 0 Å². The number of carbonyl (C=O) groups is 1. The highest BCUT2D eigenvalue weighted by Gasteiger charge is 2.13. The van der Waals surface area contributed by atoms with Crippen LogP contribution < -0.4 is 4.74 Å². The molecule has 1 aromatic carbocycles. The highest BCUT2D eigenvalue weighted by atomic mass is 79.9. The quantitative estimate of drug-likeness (QED) is 0.929. The number of halogens is 1. The number of aromatic carboxylic acids is 1. The van der Waals surface area contributed by atoms with E-state index in [9.17, 15) is 4.79 Å². The van der Waals surface area contributed by atoms with Crippen LogP contribution in [0.3, 0.4) is 0 Å². The molecule has 100 valence electrons. The summed E-state index contributed by atoms with van der Waals surface area (Å²) in [6, 6.07) is 9.72. The number of aryl methyl sites for hydroxylation is 1. The molecule has 0 aliphatic carbocycles. The highest BCUT2D eigenvalue weighted by Crippen LogP contribution is 2.27. The van der Waals surface area contributed by atoms with Crippen LogP contribution >= 0.6 is 15.9 Å². The third-order valence-corrected chi connectivity index (χ3v) is 2.94. The van der Waals surface area contributed by atoms with Gasteiger partial charge >= 0.3 is 5.97 Å². The molecule has 0 atom stereocenters. The van der Waals surface area contributed by atoms with Gasteiger partial charge in [-0.1, -0.05) is 15.9 Å². The molecule has 0 amide bonds. The number of aromatic nitrogens is 1. The molecule has 20 heavy (non-hydrogen) atoms. The maximum absolute atomic E-state index is 11.2. The van der Waals surface area contributed by atoms with Gasteiger partial charge in [0.05, 0.1) is 11.6 Å². The molecule has 0 spiro atoms. The topological polar surface area (TPSA) is 83.2 Å². The van der Waals surface area contributed by atoms with Gasteiger partial charge < -0.3 is 9.84 Å². The summed E-state index contributed by atoms with van der Waals surface area (Å²) in [6.45, 7) is 1.73. The number of carboxylic acids is 1. The minimum atomic E-state index is -1.10. The SMILES string of the molecule is Cc1cc(C#N)cc(Oc2ccc(Br)cc2C(=O)O)n1. The normalized spacial score (nSPS) is 9.85. The van der Waals surface area contributed by atoms with E-state index in [0.717, 1.165) is 0 Å². The van der Waals surface area contributed by atoms with Crippen LogP contribution in [0.1, 0.15) is 21.6 Å². The Morgan fingerprint density at radius 2 is 2.15 bits per heavy atom. The van der Waals surface area contributed by atoms with E-state index >= 15 is 0 Å². The predicted octanol–water partition coefficient (Wildman–Crippen LogP) is 3.51. The molecule has 0 radical (unpaired) electrons. The van der Waals surface area contributed by atoms with Crippen LogP contribution in [0.5, 0.6) is 11.6 Å². The van der Waals surface area contributed by atoms with Crippen LogP contribution in [-0.4, -0.2) is 16.1 Å². The van der Waals surface area contributed by atoms with E-state index in [1.807, 2.05) is 6.07 Å². The lowest BCUT2D eigenvalue weighted by molar-refractivity contribution is 0.0694. The fourth-order valence-electron chi connectivity index (χ4n) is 1.63. The summed E-state index contributed by atoms with van der Waals surface area (Å²) in [6.07, 6.45) is 0. The number of pyridine rings is 1. The zero-order valence-electron chi connectivity index (χ0n) is 10.4. The van der Waals surface area contributed by atoms with Gasteiger partial charge in [0.2, 0.25) is 5.88 Å². The molecule has 1 aromatic heterocycles. The van der Waals surface area contributed by atoms with Crippen LogP contribution in [0.4, 0.5) is 0 Å². The van der Waals surface area contributed by atoms with Crippen molar-refractivity contribution in [2.45, 2.75) is 6.92 Å². The Balaban J connectivity index is 2.42. The molecular formula is C14H9BrN2O3. The molecule has 2 aromatic rings. The van der Waals surface area contributed by atoms with Crippen LogP contribution in [-0.2, 0) is 0 Å². The second-order valence-electron chi connectivity index (χ2n) is 3.99. The van der Waals surface area contributed by atoms with Gasteiger partial charge in [0.15, 0.2) is 0 Å². The van der Waals surface area contributed by atoms with Gasteiger partial charge in [-0.15, -0.1) is 0 Å². The van der Waals surface area contributed by atoms with Gasteiger partial charge in [0.25, 0.3) is 0 Å². The first-order chi connectivity index (χ1) is 9.49. The van der Waals surface area contributed by atoms with Crippen molar-refractivity contribution in [1.82, 2.24) is 4.98 Å². The lowest BCUT2D eigenvalue weighted by atomic mass is 10.2. The smallest absolute Gasteiger partial charge is 0.339 e. The van der Waals surface area contributed by atoms with Crippen molar-refractivity contribution >= 4 is 21.9 Å². The number of nitriles is 1. The van der Waals surface area contributed by atoms with Crippen molar-refractivity contribution < 1.29 is 14.6 Å². The molecule has 5 nitrogen and oxygen atoms in total. The molecule has 0 saturated heterocycles. The summed E-state index contributed by atoms with van der Waals surface area (Å²) in [4.78, 5) is 15.3. The largest absolute Gasteiger partial charge is 0.478 e. The predicted molar refractivity (Wildman–Crippen MR) is 74.9 cm³/mol. The Bertz CT molecular complexity index is 723. The summed E-state index contributed by atoms with van der Waals surface area (Å²) in [7, 11) is 0. The van der Waals surface area contributed by atoms with E-state index in [2.05, 4.69) is 20.9 Å². The molecular weight excluding hydrogens is 324 g/mol. The summed E-state index contributed by atoms with van der Waals surface area (Å²) in [5.41, 5.74) is 1.04. The van der Waals surface area contributed by atoms with Crippen LogP contribution in [0, 0.1) is 18.3 Å². The Morgan fingerprint density at radius 1 is 1.40 bits per heavy atom. The fraction of sp³-hybridized carbons (Fsp3) is 0.0714. The number of benzene rings is 1. The van der Waals surface area contributed by atoms with Gasteiger partial charge in [-0.25, -0.2) is 9.78 Å². The van der Waals surface area contributed by atoms with Crippen LogP contribution in [0.25, 0.3) is 0 Å². The van der Waals surface area contributed by atoms with Gasteiger partial charge in [0.1, 0.15) is 11.3 Å². The molecule has 0 unspecified atom stereocenters. The number of nitrogens with zero attached hydrogens (tertiary/aromatic N) is 2. The zero-order valence-corrected chi connectivity index (χ0v) is 12.0. The minimum Gasteiger partial charge on any atom is -0.478 e. The number of hydrogen-bond acceptors (Lipinski definition) is 4. The Kier molecular flexibility index (Phi) is 4.01. The van der Waals surface area contributed by atoms with Crippen molar-refractivity contribution in [3.8, 4) is 17.7 Å². The lowest BCUT2D eigenvalue weighted by Gasteiger charge is -2.09. The second kappa shape index (κ2) is 5.72. The summed E-state index contributed by atoms with van der Waals surface area (Å²) < 4.78 is 6.12. The third-order valence-electron chi connectivity index (χ3n) is 2.45. The molecule has 0 fully saturated rings.